The first kappa shape index (κ1) is 98.4. The van der Waals surface area contributed by atoms with Crippen molar-refractivity contribution in [3.8, 4) is 0 Å². The van der Waals surface area contributed by atoms with Crippen LogP contribution < -0.4 is 0 Å². The summed E-state index contributed by atoms with van der Waals surface area (Å²) in [6.07, 6.45) is 94.6. The predicted molar refractivity (Wildman–Crippen MR) is 426 cm³/mol. The largest absolute Gasteiger partial charge is 0.472 e. The quantitative estimate of drug-likeness (QED) is 0.0146. The van der Waals surface area contributed by atoms with Gasteiger partial charge in [0.2, 0.25) is 0 Å². The topological polar surface area (TPSA) is 231 Å². The molecule has 0 aromatic heterocycles. The van der Waals surface area contributed by atoms with Crippen LogP contribution in [0.3, 0.4) is 0 Å². The second-order valence-electron chi connectivity index (χ2n) is 26.5. The summed E-state index contributed by atoms with van der Waals surface area (Å²) in [7, 11) is -9.81. The number of hydrogen-bond acceptors (Lipinski definition) is 14. The van der Waals surface area contributed by atoms with Crippen molar-refractivity contribution in [3.05, 3.63) is 146 Å². The number of carbonyl (C=O) groups excluding carboxylic acids is 3. The molecule has 18 heteroatoms. The number of hydrogen-bond donors (Lipinski definition) is 4. The number of unbranched alkanes of at least 4 members (excludes halogenated alkanes) is 28. The second kappa shape index (κ2) is 77.1. The highest BCUT2D eigenvalue weighted by Gasteiger charge is 2.29. The van der Waals surface area contributed by atoms with Crippen LogP contribution in [0.25, 0.3) is 0 Å². The number of phosphoric ester groups is 2. The van der Waals surface area contributed by atoms with Gasteiger partial charge in [-0.25, -0.2) is 9.13 Å². The summed E-state index contributed by atoms with van der Waals surface area (Å²) in [5, 5.41) is 20.6. The Balaban J connectivity index is 4.57. The zero-order chi connectivity index (χ0) is 75.2. The van der Waals surface area contributed by atoms with E-state index < -0.39 is 91.5 Å². The Kier molecular flexibility index (Phi) is 73.6. The van der Waals surface area contributed by atoms with Crippen LogP contribution in [0.5, 0.6) is 0 Å². The smallest absolute Gasteiger partial charge is 0.463 e. The van der Waals surface area contributed by atoms with Gasteiger partial charge in [-0.2, -0.15) is 0 Å². The average Bonchev–Trinajstić information content (AvgIpc) is 0.917. The van der Waals surface area contributed by atoms with Gasteiger partial charge in [-0.05, 0) is 148 Å². The molecule has 4 N–H and O–H groups in total. The van der Waals surface area contributed by atoms with Crippen LogP contribution in [-0.2, 0) is 55.8 Å². The normalized spacial score (nSPS) is 14.7. The van der Waals surface area contributed by atoms with E-state index in [0.29, 0.717) is 19.3 Å². The lowest BCUT2D eigenvalue weighted by Gasteiger charge is -2.21. The van der Waals surface area contributed by atoms with Crippen LogP contribution in [0.15, 0.2) is 146 Å². The lowest BCUT2D eigenvalue weighted by atomic mass is 10.0. The van der Waals surface area contributed by atoms with Gasteiger partial charge < -0.3 is 34.2 Å². The van der Waals surface area contributed by atoms with Crippen molar-refractivity contribution in [1.82, 2.24) is 0 Å². The summed E-state index contributed by atoms with van der Waals surface area (Å²) < 4.78 is 61.1. The van der Waals surface area contributed by atoms with Gasteiger partial charge in [0.25, 0.3) is 0 Å². The van der Waals surface area contributed by atoms with Gasteiger partial charge in [0, 0.05) is 19.3 Å². The van der Waals surface area contributed by atoms with E-state index in [4.69, 9.17) is 32.3 Å². The molecule has 0 amide bonds. The lowest BCUT2D eigenvalue weighted by molar-refractivity contribution is -0.161. The third kappa shape index (κ3) is 78.3. The van der Waals surface area contributed by atoms with Crippen molar-refractivity contribution < 1.29 is 75.8 Å². The van der Waals surface area contributed by atoms with Gasteiger partial charge in [0.15, 0.2) is 6.10 Å². The summed E-state index contributed by atoms with van der Waals surface area (Å²) in [6, 6.07) is 0. The van der Waals surface area contributed by atoms with Gasteiger partial charge >= 0.3 is 33.6 Å². The van der Waals surface area contributed by atoms with E-state index in [0.717, 1.165) is 154 Å². The van der Waals surface area contributed by atoms with Gasteiger partial charge in [0.05, 0.1) is 26.4 Å². The SMILES string of the molecule is CC/C=C\C/C=C\C/C=C\C/C=C\C/C=C\C/C=C\CCCCCCC(=O)OCC(COP(=O)(O)OCC(O)COP(=O)(O)OCC(O)COC(=O)CCCCCCCCCCCCCCC/C=C\C/C=C\C/C=C\C/C=C\CCCCC)OC(=O)CCCCCCC/C=C\C/C=C\CCCCC. The van der Waals surface area contributed by atoms with E-state index in [9.17, 15) is 43.5 Å². The summed E-state index contributed by atoms with van der Waals surface area (Å²) in [5.74, 6) is -1.62. The molecular formula is C85H144O16P2. The molecule has 0 aromatic rings. The minimum Gasteiger partial charge on any atom is -0.463 e. The van der Waals surface area contributed by atoms with Gasteiger partial charge in [-0.3, -0.25) is 32.5 Å². The molecule has 5 unspecified atom stereocenters. The van der Waals surface area contributed by atoms with Gasteiger partial charge in [-0.1, -0.05) is 295 Å². The van der Waals surface area contributed by atoms with Crippen molar-refractivity contribution in [1.29, 1.82) is 0 Å². The van der Waals surface area contributed by atoms with Gasteiger partial charge in [-0.15, -0.1) is 0 Å². The Morgan fingerprint density at radius 2 is 0.515 bits per heavy atom. The van der Waals surface area contributed by atoms with Gasteiger partial charge in [0.1, 0.15) is 25.4 Å². The Labute approximate surface area is 626 Å². The Hall–Kier alpha value is -4.57. The molecule has 0 saturated heterocycles. The van der Waals surface area contributed by atoms with Crippen LogP contribution in [-0.4, -0.2) is 95.9 Å². The molecule has 5 atom stereocenters. The highest BCUT2D eigenvalue weighted by Crippen LogP contribution is 2.45. The first-order chi connectivity index (χ1) is 50.2. The molecule has 16 nitrogen and oxygen atoms in total. The molecule has 590 valence electrons. The molecule has 0 aliphatic rings. The van der Waals surface area contributed by atoms with E-state index in [1.807, 2.05) is 0 Å². The summed E-state index contributed by atoms with van der Waals surface area (Å²) in [5.41, 5.74) is 0. The van der Waals surface area contributed by atoms with Crippen molar-refractivity contribution in [2.45, 2.75) is 334 Å². The molecule has 0 aliphatic carbocycles. The number of aliphatic hydroxyl groups is 2. The zero-order valence-corrected chi connectivity index (χ0v) is 66.2. The van der Waals surface area contributed by atoms with Crippen molar-refractivity contribution in [3.63, 3.8) is 0 Å². The number of carbonyl (C=O) groups is 3. The molecule has 0 rings (SSSR count). The number of phosphoric acid groups is 2. The molecule has 0 bridgehead atoms. The molecule has 0 spiro atoms. The lowest BCUT2D eigenvalue weighted by Crippen LogP contribution is -2.30. The van der Waals surface area contributed by atoms with E-state index in [1.54, 1.807) is 0 Å². The van der Waals surface area contributed by atoms with Crippen molar-refractivity contribution in [2.75, 3.05) is 39.6 Å². The fraction of sp³-hybridized carbons (Fsp3) is 0.682. The Morgan fingerprint density at radius 3 is 0.816 bits per heavy atom. The molecule has 0 saturated carbocycles. The van der Waals surface area contributed by atoms with Crippen LogP contribution >= 0.6 is 15.6 Å². The number of allylic oxidation sites excluding steroid dienone is 24. The van der Waals surface area contributed by atoms with Crippen LogP contribution in [0.2, 0.25) is 0 Å². The first-order valence-corrected chi connectivity index (χ1v) is 43.1. The number of aliphatic hydroxyl groups excluding tert-OH is 2. The van der Waals surface area contributed by atoms with Crippen LogP contribution in [0.4, 0.5) is 0 Å². The maximum absolute atomic E-state index is 13.0. The monoisotopic (exact) mass is 1480 g/mol. The first-order valence-electron chi connectivity index (χ1n) is 40.1. The summed E-state index contributed by atoms with van der Waals surface area (Å²) in [4.78, 5) is 58.7. The van der Waals surface area contributed by atoms with E-state index in [2.05, 4.69) is 167 Å². The molecule has 103 heavy (non-hydrogen) atoms. The Morgan fingerprint density at radius 1 is 0.282 bits per heavy atom. The summed E-state index contributed by atoms with van der Waals surface area (Å²) >= 11 is 0. The molecule has 0 heterocycles. The highest BCUT2D eigenvalue weighted by atomic mass is 31.2. The van der Waals surface area contributed by atoms with E-state index in [-0.39, 0.29) is 19.3 Å². The highest BCUT2D eigenvalue weighted by molar-refractivity contribution is 7.47. The standard InChI is InChI=1S/C85H144O16P2/c1-4-7-10-13-16-19-22-25-28-30-32-34-36-37-38-39-40-41-43-45-46-48-51-53-56-59-62-65-68-71-83(88)95-74-80(86)75-97-102(91,92)98-76-81(87)77-99-103(93,94)100-79-82(101-85(90)73-70-67-64-61-58-55-50-27-24-21-18-15-12-9-6-3)78-96-84(89)72-69-66-63-60-57-54-52-49-47-44-42-35-33-31-29-26-23-20-17-14-11-8-5-2/h8,11,16-21,25-29,32-35,37-38,44,47,50,52,54,80-82,86-87H,4-7,9-10,12-15,22-24,30-31,36,39-43,45-46,48-49,51,53,55-79H2,1-3H3,(H,91,92)(H,93,94)/b11-8-,19-16-,20-17-,21-18-,28-25-,29-26-,34-32-,35-33-,38-37-,47-44-,50-27-,54-52-. The number of esters is 3. The van der Waals surface area contributed by atoms with E-state index in [1.165, 1.54) is 103 Å². The Bertz CT molecular complexity index is 2450. The average molecular weight is 1480 g/mol. The predicted octanol–water partition coefficient (Wildman–Crippen LogP) is 23.7. The van der Waals surface area contributed by atoms with E-state index >= 15 is 0 Å². The number of rotatable bonds is 75. The number of ether oxygens (including phenoxy) is 3. The zero-order valence-electron chi connectivity index (χ0n) is 64.4. The fourth-order valence-corrected chi connectivity index (χ4v) is 12.0. The minimum absolute atomic E-state index is 0.0784. The third-order valence-electron chi connectivity index (χ3n) is 16.5. The molecule has 0 aromatic carbocycles. The fourth-order valence-electron chi connectivity index (χ4n) is 10.4. The molecule has 0 radical (unpaired) electrons. The van der Waals surface area contributed by atoms with Crippen molar-refractivity contribution >= 4 is 33.6 Å². The molecule has 0 aliphatic heterocycles. The maximum Gasteiger partial charge on any atom is 0.472 e. The van der Waals surface area contributed by atoms with Crippen molar-refractivity contribution in [2.24, 2.45) is 0 Å². The maximum atomic E-state index is 13.0. The van der Waals surface area contributed by atoms with Crippen LogP contribution in [0, 0.1) is 0 Å². The minimum atomic E-state index is -4.94. The molecule has 0 fully saturated rings. The second-order valence-corrected chi connectivity index (χ2v) is 29.4. The third-order valence-corrected chi connectivity index (χ3v) is 18.4. The molecular weight excluding hydrogens is 1340 g/mol. The van der Waals surface area contributed by atoms with Crippen LogP contribution in [0.1, 0.15) is 316 Å². The summed E-state index contributed by atoms with van der Waals surface area (Å²) in [6.45, 7) is 2.47.